The molecule has 0 atom stereocenters. The van der Waals surface area contributed by atoms with Crippen LogP contribution in [0.25, 0.3) is 0 Å². The van der Waals surface area contributed by atoms with Gasteiger partial charge in [-0.05, 0) is 18.4 Å². The molecule has 0 spiro atoms. The molecule has 0 unspecified atom stereocenters. The van der Waals surface area contributed by atoms with Crippen molar-refractivity contribution in [2.45, 2.75) is 12.8 Å². The lowest BCUT2D eigenvalue weighted by molar-refractivity contribution is 0.481. The Bertz CT molecular complexity index is 342. The Morgan fingerprint density at radius 1 is 1.15 bits per heavy atom. The van der Waals surface area contributed by atoms with E-state index in [2.05, 4.69) is 0 Å². The van der Waals surface area contributed by atoms with Gasteiger partial charge in [-0.15, -0.1) is 0 Å². The third-order valence-electron chi connectivity index (χ3n) is 1.71. The monoisotopic (exact) mass is 200 g/mol. The van der Waals surface area contributed by atoms with Gasteiger partial charge in [0.05, 0.1) is 5.75 Å². The predicted octanol–water partition coefficient (Wildman–Crippen LogP) is 1.51. The largest absolute Gasteiger partial charge is 0.286 e. The van der Waals surface area contributed by atoms with Gasteiger partial charge >= 0.3 is 0 Å². The van der Waals surface area contributed by atoms with Crippen LogP contribution in [-0.2, 0) is 16.5 Å². The third-order valence-corrected chi connectivity index (χ3v) is 2.52. The van der Waals surface area contributed by atoms with Gasteiger partial charge in [0.15, 0.2) is 0 Å². The Kier molecular flexibility index (Phi) is 3.45. The topological polar surface area (TPSA) is 54.4 Å². The fraction of sp³-hybridized carbons (Fsp3) is 0.333. The molecule has 3 nitrogen and oxygen atoms in total. The summed E-state index contributed by atoms with van der Waals surface area (Å²) in [6.45, 7) is 0. The van der Waals surface area contributed by atoms with Crippen molar-refractivity contribution >= 4 is 10.1 Å². The van der Waals surface area contributed by atoms with Crippen LogP contribution in [0.5, 0.6) is 0 Å². The number of hydrogen-bond donors (Lipinski definition) is 1. The van der Waals surface area contributed by atoms with Crippen LogP contribution in [0.4, 0.5) is 0 Å². The molecule has 1 aromatic carbocycles. The molecule has 0 heterocycles. The molecule has 0 saturated carbocycles. The van der Waals surface area contributed by atoms with E-state index in [0.717, 1.165) is 5.56 Å². The van der Waals surface area contributed by atoms with Crippen LogP contribution >= 0.6 is 0 Å². The standard InChI is InChI=1S/C9H12O3S/c10-13(11,12)8-4-7-9-5-2-1-3-6-9/h1-3,5-6H,4,7-8H2,(H,10,11,12). The molecule has 0 aliphatic rings. The maximum absolute atomic E-state index is 10.4. The first-order valence-electron chi connectivity index (χ1n) is 4.07. The summed E-state index contributed by atoms with van der Waals surface area (Å²) >= 11 is 0. The fourth-order valence-corrected chi connectivity index (χ4v) is 1.61. The molecule has 0 radical (unpaired) electrons. The minimum absolute atomic E-state index is 0.165. The summed E-state index contributed by atoms with van der Waals surface area (Å²) in [5.74, 6) is -0.165. The van der Waals surface area contributed by atoms with Crippen LogP contribution < -0.4 is 0 Å². The van der Waals surface area contributed by atoms with Crippen molar-refractivity contribution in [1.29, 1.82) is 0 Å². The van der Waals surface area contributed by atoms with Crippen molar-refractivity contribution in [3.63, 3.8) is 0 Å². The zero-order chi connectivity index (χ0) is 9.73. The molecular formula is C9H12O3S. The molecule has 13 heavy (non-hydrogen) atoms. The molecule has 1 N–H and O–H groups in total. The summed E-state index contributed by atoms with van der Waals surface area (Å²) < 4.78 is 29.2. The van der Waals surface area contributed by atoms with E-state index in [9.17, 15) is 8.42 Å². The molecule has 0 aliphatic carbocycles. The van der Waals surface area contributed by atoms with Crippen molar-refractivity contribution in [1.82, 2.24) is 0 Å². The van der Waals surface area contributed by atoms with Gasteiger partial charge in [-0.3, -0.25) is 4.55 Å². The van der Waals surface area contributed by atoms with Crippen LogP contribution in [0.15, 0.2) is 30.3 Å². The SMILES string of the molecule is O=S(=O)(O)CCCc1ccccc1. The molecule has 0 aliphatic heterocycles. The van der Waals surface area contributed by atoms with Gasteiger partial charge in [0, 0.05) is 0 Å². The van der Waals surface area contributed by atoms with Gasteiger partial charge in [0.1, 0.15) is 0 Å². The van der Waals surface area contributed by atoms with Gasteiger partial charge in [-0.25, -0.2) is 0 Å². The van der Waals surface area contributed by atoms with Crippen LogP contribution in [0.2, 0.25) is 0 Å². The molecular weight excluding hydrogens is 188 g/mol. The smallest absolute Gasteiger partial charge is 0.264 e. The average molecular weight is 200 g/mol. The molecule has 1 rings (SSSR count). The molecule has 0 bridgehead atoms. The quantitative estimate of drug-likeness (QED) is 0.749. The Balaban J connectivity index is 2.37. The molecule has 4 heteroatoms. The summed E-state index contributed by atoms with van der Waals surface area (Å²) in [7, 11) is -3.79. The Labute approximate surface area is 78.2 Å². The average Bonchev–Trinajstić information content (AvgIpc) is 2.04. The van der Waals surface area contributed by atoms with E-state index < -0.39 is 10.1 Å². The summed E-state index contributed by atoms with van der Waals surface area (Å²) in [6.07, 6.45) is 1.14. The van der Waals surface area contributed by atoms with Crippen LogP contribution in [0.1, 0.15) is 12.0 Å². The zero-order valence-electron chi connectivity index (χ0n) is 7.18. The van der Waals surface area contributed by atoms with Crippen molar-refractivity contribution in [2.24, 2.45) is 0 Å². The van der Waals surface area contributed by atoms with E-state index in [1.807, 2.05) is 30.3 Å². The lowest BCUT2D eigenvalue weighted by Crippen LogP contribution is -2.04. The van der Waals surface area contributed by atoms with Gasteiger partial charge in [0.2, 0.25) is 0 Å². The second kappa shape index (κ2) is 4.39. The maximum Gasteiger partial charge on any atom is 0.264 e. The summed E-state index contributed by atoms with van der Waals surface area (Å²) in [5.41, 5.74) is 1.09. The van der Waals surface area contributed by atoms with Crippen LogP contribution in [0, 0.1) is 0 Å². The van der Waals surface area contributed by atoms with Crippen molar-refractivity contribution in [2.75, 3.05) is 5.75 Å². The zero-order valence-corrected chi connectivity index (χ0v) is 8.00. The first-order valence-corrected chi connectivity index (χ1v) is 5.68. The van der Waals surface area contributed by atoms with Gasteiger partial charge in [0.25, 0.3) is 10.1 Å². The Hall–Kier alpha value is -0.870. The Morgan fingerprint density at radius 3 is 2.31 bits per heavy atom. The Morgan fingerprint density at radius 2 is 1.77 bits per heavy atom. The lowest BCUT2D eigenvalue weighted by Gasteiger charge is -1.98. The van der Waals surface area contributed by atoms with Gasteiger partial charge < -0.3 is 0 Å². The summed E-state index contributed by atoms with van der Waals surface area (Å²) in [5, 5.41) is 0. The normalized spacial score (nSPS) is 11.5. The molecule has 72 valence electrons. The van der Waals surface area contributed by atoms with E-state index in [4.69, 9.17) is 4.55 Å². The summed E-state index contributed by atoms with van der Waals surface area (Å²) in [4.78, 5) is 0. The van der Waals surface area contributed by atoms with Crippen LogP contribution in [-0.4, -0.2) is 18.7 Å². The fourth-order valence-electron chi connectivity index (χ4n) is 1.10. The molecule has 1 aromatic rings. The minimum Gasteiger partial charge on any atom is -0.286 e. The highest BCUT2D eigenvalue weighted by Gasteiger charge is 2.03. The number of benzene rings is 1. The second-order valence-electron chi connectivity index (χ2n) is 2.88. The first-order chi connectivity index (χ1) is 6.08. The lowest BCUT2D eigenvalue weighted by atomic mass is 10.1. The van der Waals surface area contributed by atoms with E-state index in [0.29, 0.717) is 12.8 Å². The first kappa shape index (κ1) is 10.2. The summed E-state index contributed by atoms with van der Waals surface area (Å²) in [6, 6.07) is 9.59. The number of aryl methyl sites for hydroxylation is 1. The molecule has 0 amide bonds. The minimum atomic E-state index is -3.79. The van der Waals surface area contributed by atoms with E-state index in [-0.39, 0.29) is 5.75 Å². The number of hydrogen-bond acceptors (Lipinski definition) is 2. The van der Waals surface area contributed by atoms with E-state index in [1.165, 1.54) is 0 Å². The molecule has 0 fully saturated rings. The van der Waals surface area contributed by atoms with Crippen molar-refractivity contribution < 1.29 is 13.0 Å². The molecule has 0 aromatic heterocycles. The highest BCUT2D eigenvalue weighted by atomic mass is 32.2. The van der Waals surface area contributed by atoms with Gasteiger partial charge in [-0.1, -0.05) is 30.3 Å². The van der Waals surface area contributed by atoms with E-state index in [1.54, 1.807) is 0 Å². The second-order valence-corrected chi connectivity index (χ2v) is 4.45. The molecule has 0 saturated heterocycles. The van der Waals surface area contributed by atoms with E-state index >= 15 is 0 Å². The number of rotatable bonds is 4. The van der Waals surface area contributed by atoms with Crippen molar-refractivity contribution in [3.8, 4) is 0 Å². The maximum atomic E-state index is 10.4. The highest BCUT2D eigenvalue weighted by molar-refractivity contribution is 7.85. The van der Waals surface area contributed by atoms with Crippen molar-refractivity contribution in [3.05, 3.63) is 35.9 Å². The van der Waals surface area contributed by atoms with Crippen LogP contribution in [0.3, 0.4) is 0 Å². The third kappa shape index (κ3) is 4.65. The van der Waals surface area contributed by atoms with Gasteiger partial charge in [-0.2, -0.15) is 8.42 Å². The predicted molar refractivity (Wildman–Crippen MR) is 51.2 cm³/mol. The highest BCUT2D eigenvalue weighted by Crippen LogP contribution is 2.03.